The van der Waals surface area contributed by atoms with Gasteiger partial charge < -0.3 is 11.1 Å². The van der Waals surface area contributed by atoms with Gasteiger partial charge in [0.15, 0.2) is 0 Å². The summed E-state index contributed by atoms with van der Waals surface area (Å²) in [5.74, 6) is -0.800. The Morgan fingerprint density at radius 3 is 2.55 bits per heavy atom. The minimum absolute atomic E-state index is 0.338. The monoisotopic (exact) mass is 272 g/mol. The lowest BCUT2D eigenvalue weighted by Gasteiger charge is -2.17. The molecule has 1 unspecified atom stereocenters. The van der Waals surface area contributed by atoms with Crippen LogP contribution in [0.15, 0.2) is 48.5 Å². The Labute approximate surface area is 117 Å². The van der Waals surface area contributed by atoms with Crippen molar-refractivity contribution in [3.05, 3.63) is 65.5 Å². The highest BCUT2D eigenvalue weighted by atomic mass is 19.1. The number of amides is 1. The standard InChI is InChI=1S/C16H17FN2O/c1-11-7-13(17)10-14(8-11)19-15(16(18)20)9-12-5-3-2-4-6-12/h2-8,10,15,19H,9H2,1H3,(H2,18,20). The highest BCUT2D eigenvalue weighted by Crippen LogP contribution is 2.15. The van der Waals surface area contributed by atoms with Gasteiger partial charge in [-0.1, -0.05) is 30.3 Å². The average molecular weight is 272 g/mol. The predicted molar refractivity (Wildman–Crippen MR) is 77.9 cm³/mol. The van der Waals surface area contributed by atoms with Crippen molar-refractivity contribution in [3.63, 3.8) is 0 Å². The molecule has 0 fully saturated rings. The van der Waals surface area contributed by atoms with Crippen LogP contribution in [0.25, 0.3) is 0 Å². The van der Waals surface area contributed by atoms with E-state index in [9.17, 15) is 9.18 Å². The maximum Gasteiger partial charge on any atom is 0.240 e. The molecule has 1 atom stereocenters. The molecule has 0 aromatic heterocycles. The number of primary amides is 1. The Balaban J connectivity index is 2.15. The van der Waals surface area contributed by atoms with Gasteiger partial charge >= 0.3 is 0 Å². The zero-order valence-electron chi connectivity index (χ0n) is 11.3. The van der Waals surface area contributed by atoms with Crippen molar-refractivity contribution >= 4 is 11.6 Å². The fourth-order valence-corrected chi connectivity index (χ4v) is 2.09. The second-order valence-electron chi connectivity index (χ2n) is 4.81. The molecule has 0 aliphatic carbocycles. The van der Waals surface area contributed by atoms with Crippen LogP contribution in [0.1, 0.15) is 11.1 Å². The van der Waals surface area contributed by atoms with Crippen molar-refractivity contribution in [3.8, 4) is 0 Å². The zero-order chi connectivity index (χ0) is 14.5. The highest BCUT2D eigenvalue weighted by Gasteiger charge is 2.16. The van der Waals surface area contributed by atoms with Gasteiger partial charge in [0.05, 0.1) is 0 Å². The first-order valence-electron chi connectivity index (χ1n) is 6.41. The first kappa shape index (κ1) is 14.1. The molecule has 104 valence electrons. The SMILES string of the molecule is Cc1cc(F)cc(NC(Cc2ccccc2)C(N)=O)c1. The van der Waals surface area contributed by atoms with E-state index in [2.05, 4.69) is 5.32 Å². The fourth-order valence-electron chi connectivity index (χ4n) is 2.09. The molecule has 0 saturated carbocycles. The van der Waals surface area contributed by atoms with Crippen molar-refractivity contribution in [2.45, 2.75) is 19.4 Å². The van der Waals surface area contributed by atoms with Gasteiger partial charge in [-0.05, 0) is 36.2 Å². The summed E-state index contributed by atoms with van der Waals surface area (Å²) in [4.78, 5) is 11.5. The summed E-state index contributed by atoms with van der Waals surface area (Å²) in [5, 5.41) is 2.99. The summed E-state index contributed by atoms with van der Waals surface area (Å²) >= 11 is 0. The van der Waals surface area contributed by atoms with Crippen molar-refractivity contribution < 1.29 is 9.18 Å². The van der Waals surface area contributed by atoms with E-state index in [4.69, 9.17) is 5.73 Å². The van der Waals surface area contributed by atoms with Gasteiger partial charge in [-0.15, -0.1) is 0 Å². The van der Waals surface area contributed by atoms with Gasteiger partial charge in [0.1, 0.15) is 11.9 Å². The molecule has 20 heavy (non-hydrogen) atoms. The lowest BCUT2D eigenvalue weighted by Crippen LogP contribution is -2.37. The van der Waals surface area contributed by atoms with Crippen LogP contribution in [-0.2, 0) is 11.2 Å². The molecular weight excluding hydrogens is 255 g/mol. The van der Waals surface area contributed by atoms with Gasteiger partial charge in [-0.2, -0.15) is 0 Å². The third-order valence-corrected chi connectivity index (χ3v) is 3.01. The molecule has 2 aromatic carbocycles. The Bertz CT molecular complexity index is 578. The van der Waals surface area contributed by atoms with E-state index in [1.807, 2.05) is 30.3 Å². The van der Waals surface area contributed by atoms with E-state index in [0.29, 0.717) is 12.1 Å². The number of carbonyl (C=O) groups is 1. The van der Waals surface area contributed by atoms with Crippen molar-refractivity contribution in [1.82, 2.24) is 0 Å². The average Bonchev–Trinajstić information content (AvgIpc) is 2.38. The van der Waals surface area contributed by atoms with E-state index >= 15 is 0 Å². The molecule has 2 rings (SSSR count). The third kappa shape index (κ3) is 3.82. The smallest absolute Gasteiger partial charge is 0.240 e. The van der Waals surface area contributed by atoms with E-state index in [1.54, 1.807) is 13.0 Å². The summed E-state index contributed by atoms with van der Waals surface area (Å²) in [7, 11) is 0. The number of aryl methyl sites for hydroxylation is 1. The summed E-state index contributed by atoms with van der Waals surface area (Å²) in [6, 6.07) is 13.6. The zero-order valence-corrected chi connectivity index (χ0v) is 11.3. The molecule has 0 saturated heterocycles. The van der Waals surface area contributed by atoms with Gasteiger partial charge in [0.2, 0.25) is 5.91 Å². The largest absolute Gasteiger partial charge is 0.373 e. The molecule has 3 N–H and O–H groups in total. The van der Waals surface area contributed by atoms with Gasteiger partial charge in [0, 0.05) is 12.1 Å². The van der Waals surface area contributed by atoms with Gasteiger partial charge in [-0.3, -0.25) is 4.79 Å². The number of benzene rings is 2. The number of nitrogens with two attached hydrogens (primary N) is 1. The van der Waals surface area contributed by atoms with Crippen LogP contribution in [0.3, 0.4) is 0 Å². The van der Waals surface area contributed by atoms with E-state index < -0.39 is 11.9 Å². The van der Waals surface area contributed by atoms with Crippen LogP contribution >= 0.6 is 0 Å². The van der Waals surface area contributed by atoms with Crippen LogP contribution in [0, 0.1) is 12.7 Å². The molecule has 3 nitrogen and oxygen atoms in total. The first-order chi connectivity index (χ1) is 9.54. The van der Waals surface area contributed by atoms with E-state index in [0.717, 1.165) is 11.1 Å². The normalized spacial score (nSPS) is 11.9. The van der Waals surface area contributed by atoms with Crippen molar-refractivity contribution in [2.75, 3.05) is 5.32 Å². The molecule has 0 radical (unpaired) electrons. The highest BCUT2D eigenvalue weighted by molar-refractivity contribution is 5.83. The lowest BCUT2D eigenvalue weighted by molar-refractivity contribution is -0.118. The molecule has 0 bridgehead atoms. The molecule has 0 spiro atoms. The predicted octanol–water partition coefficient (Wildman–Crippen LogP) is 2.64. The maximum atomic E-state index is 13.4. The summed E-state index contributed by atoms with van der Waals surface area (Å²) < 4.78 is 13.4. The molecule has 2 aromatic rings. The number of hydrogen-bond acceptors (Lipinski definition) is 2. The Morgan fingerprint density at radius 2 is 1.95 bits per heavy atom. The van der Waals surface area contributed by atoms with Crippen LogP contribution in [0.4, 0.5) is 10.1 Å². The number of halogens is 1. The number of rotatable bonds is 5. The third-order valence-electron chi connectivity index (χ3n) is 3.01. The Hall–Kier alpha value is -2.36. The number of carbonyl (C=O) groups excluding carboxylic acids is 1. The summed E-state index contributed by atoms with van der Waals surface area (Å²) in [6.07, 6.45) is 0.464. The topological polar surface area (TPSA) is 55.1 Å². The second-order valence-corrected chi connectivity index (χ2v) is 4.81. The van der Waals surface area contributed by atoms with Gasteiger partial charge in [-0.25, -0.2) is 4.39 Å². The molecule has 0 heterocycles. The Morgan fingerprint density at radius 1 is 1.25 bits per heavy atom. The van der Waals surface area contributed by atoms with Gasteiger partial charge in [0.25, 0.3) is 0 Å². The quantitative estimate of drug-likeness (QED) is 0.879. The second kappa shape index (κ2) is 6.19. The molecule has 0 aliphatic heterocycles. The molecule has 0 aliphatic rings. The fraction of sp³-hybridized carbons (Fsp3) is 0.188. The van der Waals surface area contributed by atoms with Crippen molar-refractivity contribution in [2.24, 2.45) is 5.73 Å². The van der Waals surface area contributed by atoms with Crippen molar-refractivity contribution in [1.29, 1.82) is 0 Å². The first-order valence-corrected chi connectivity index (χ1v) is 6.41. The Kier molecular flexibility index (Phi) is 4.35. The van der Waals surface area contributed by atoms with Crippen LogP contribution in [-0.4, -0.2) is 11.9 Å². The maximum absolute atomic E-state index is 13.4. The number of anilines is 1. The lowest BCUT2D eigenvalue weighted by atomic mass is 10.0. The summed E-state index contributed by atoms with van der Waals surface area (Å²) in [6.45, 7) is 1.80. The minimum atomic E-state index is -0.571. The van der Waals surface area contributed by atoms with E-state index in [1.165, 1.54) is 12.1 Å². The number of hydrogen-bond donors (Lipinski definition) is 2. The summed E-state index contributed by atoms with van der Waals surface area (Å²) in [5.41, 5.74) is 7.76. The molecule has 1 amide bonds. The van der Waals surface area contributed by atoms with Crippen LogP contribution in [0.5, 0.6) is 0 Å². The number of nitrogens with one attached hydrogen (secondary N) is 1. The van der Waals surface area contributed by atoms with Crippen LogP contribution in [0.2, 0.25) is 0 Å². The molecular formula is C16H17FN2O. The molecule has 4 heteroatoms. The minimum Gasteiger partial charge on any atom is -0.373 e. The van der Waals surface area contributed by atoms with Crippen LogP contribution < -0.4 is 11.1 Å². The van der Waals surface area contributed by atoms with E-state index in [-0.39, 0.29) is 5.82 Å².